The minimum absolute atomic E-state index is 0.227. The number of carbonyl (C=O) groups is 1. The van der Waals surface area contributed by atoms with E-state index in [0.29, 0.717) is 18.7 Å². The summed E-state index contributed by atoms with van der Waals surface area (Å²) in [5.74, 6) is 1.32. The molecule has 0 saturated carbocycles. The lowest BCUT2D eigenvalue weighted by Crippen LogP contribution is -2.39. The van der Waals surface area contributed by atoms with Crippen molar-refractivity contribution in [3.05, 3.63) is 113 Å². The summed E-state index contributed by atoms with van der Waals surface area (Å²) in [6.45, 7) is 3.30. The van der Waals surface area contributed by atoms with E-state index in [2.05, 4.69) is 24.3 Å². The van der Waals surface area contributed by atoms with Crippen LogP contribution in [0.3, 0.4) is 0 Å². The lowest BCUT2D eigenvalue weighted by molar-refractivity contribution is 0.0132. The standard InChI is InChI=1S/C30H28N2O3/c1-21-9-7-13-23(17-21)30(33)35-25(19-32(2)29-27-15-6-4-11-24(27)18-31-29)20-34-28-16-8-12-22-10-3-5-14-26(22)28/h3-17,25H,18-20H2,1-2H3. The topological polar surface area (TPSA) is 51.1 Å². The molecule has 0 aliphatic carbocycles. The number of benzene rings is 4. The number of hydrogen-bond acceptors (Lipinski definition) is 5. The van der Waals surface area contributed by atoms with E-state index in [1.54, 1.807) is 6.07 Å². The van der Waals surface area contributed by atoms with Gasteiger partial charge in [0, 0.05) is 18.0 Å². The minimum atomic E-state index is -0.498. The molecule has 1 aliphatic heterocycles. The van der Waals surface area contributed by atoms with Crippen LogP contribution in [0.2, 0.25) is 0 Å². The third kappa shape index (κ3) is 5.04. The molecule has 1 heterocycles. The van der Waals surface area contributed by atoms with Gasteiger partial charge in [0.05, 0.1) is 18.7 Å². The van der Waals surface area contributed by atoms with Crippen molar-refractivity contribution in [1.29, 1.82) is 0 Å². The first-order valence-electron chi connectivity index (χ1n) is 11.8. The summed E-state index contributed by atoms with van der Waals surface area (Å²) in [7, 11) is 1.98. The minimum Gasteiger partial charge on any atom is -0.489 e. The predicted octanol–water partition coefficient (Wildman–Crippen LogP) is 5.64. The van der Waals surface area contributed by atoms with Gasteiger partial charge in [0.2, 0.25) is 0 Å². The van der Waals surface area contributed by atoms with Crippen LogP contribution in [-0.2, 0) is 11.3 Å². The molecule has 4 aromatic rings. The van der Waals surface area contributed by atoms with Crippen LogP contribution < -0.4 is 4.74 Å². The zero-order valence-corrected chi connectivity index (χ0v) is 20.0. The molecule has 1 aliphatic rings. The number of rotatable bonds is 7. The van der Waals surface area contributed by atoms with Gasteiger partial charge in [-0.3, -0.25) is 4.99 Å². The Hall–Kier alpha value is -4.12. The summed E-state index contributed by atoms with van der Waals surface area (Å²) in [5, 5.41) is 2.13. The van der Waals surface area contributed by atoms with Gasteiger partial charge in [-0.15, -0.1) is 0 Å². The number of ether oxygens (including phenoxy) is 2. The number of aryl methyl sites for hydroxylation is 1. The van der Waals surface area contributed by atoms with Crippen molar-refractivity contribution in [2.75, 3.05) is 20.2 Å². The highest BCUT2D eigenvalue weighted by Gasteiger charge is 2.24. The Morgan fingerprint density at radius 1 is 0.971 bits per heavy atom. The van der Waals surface area contributed by atoms with Crippen LogP contribution in [0, 0.1) is 6.92 Å². The molecule has 0 spiro atoms. The average molecular weight is 465 g/mol. The molecule has 4 aromatic carbocycles. The van der Waals surface area contributed by atoms with E-state index >= 15 is 0 Å². The predicted molar refractivity (Wildman–Crippen MR) is 139 cm³/mol. The first-order valence-corrected chi connectivity index (χ1v) is 11.8. The Labute approximate surface area is 205 Å². The van der Waals surface area contributed by atoms with Gasteiger partial charge in [-0.25, -0.2) is 4.79 Å². The molecule has 0 fully saturated rings. The van der Waals surface area contributed by atoms with Crippen molar-refractivity contribution in [3.63, 3.8) is 0 Å². The van der Waals surface area contributed by atoms with Crippen molar-refractivity contribution < 1.29 is 14.3 Å². The molecule has 5 nitrogen and oxygen atoms in total. The monoisotopic (exact) mass is 464 g/mol. The van der Waals surface area contributed by atoms with Crippen molar-refractivity contribution in [2.45, 2.75) is 19.6 Å². The largest absolute Gasteiger partial charge is 0.489 e. The van der Waals surface area contributed by atoms with Gasteiger partial charge in [0.25, 0.3) is 0 Å². The molecule has 0 aromatic heterocycles. The van der Waals surface area contributed by atoms with E-state index < -0.39 is 6.10 Å². The molecule has 0 N–H and O–H groups in total. The fourth-order valence-corrected chi connectivity index (χ4v) is 4.46. The van der Waals surface area contributed by atoms with E-state index in [1.165, 1.54) is 5.56 Å². The van der Waals surface area contributed by atoms with E-state index in [0.717, 1.165) is 33.5 Å². The molecular weight excluding hydrogens is 436 g/mol. The van der Waals surface area contributed by atoms with Gasteiger partial charge in [-0.05, 0) is 36.1 Å². The molecule has 0 bridgehead atoms. The van der Waals surface area contributed by atoms with Crippen LogP contribution in [0.25, 0.3) is 10.8 Å². The highest BCUT2D eigenvalue weighted by molar-refractivity contribution is 6.01. The molecule has 1 atom stereocenters. The molecule has 35 heavy (non-hydrogen) atoms. The van der Waals surface area contributed by atoms with E-state index in [4.69, 9.17) is 14.5 Å². The molecule has 176 valence electrons. The SMILES string of the molecule is Cc1cccc(C(=O)OC(COc2cccc3ccccc23)CN(C)C2=NCc3ccccc32)c1. The maximum Gasteiger partial charge on any atom is 0.338 e. The molecule has 1 unspecified atom stereocenters. The number of aliphatic imine (C=N–C) groups is 1. The van der Waals surface area contributed by atoms with Gasteiger partial charge in [0.1, 0.15) is 18.2 Å². The Kier molecular flexibility index (Phi) is 6.49. The van der Waals surface area contributed by atoms with Crippen molar-refractivity contribution in [1.82, 2.24) is 4.90 Å². The summed E-state index contributed by atoms with van der Waals surface area (Å²) < 4.78 is 12.2. The second kappa shape index (κ2) is 10.0. The van der Waals surface area contributed by atoms with Crippen molar-refractivity contribution in [2.24, 2.45) is 4.99 Å². The fourth-order valence-electron chi connectivity index (χ4n) is 4.46. The number of nitrogens with zero attached hydrogens (tertiary/aromatic N) is 2. The quantitative estimate of drug-likeness (QED) is 0.332. The Bertz CT molecular complexity index is 1390. The summed E-state index contributed by atoms with van der Waals surface area (Å²) >= 11 is 0. The lowest BCUT2D eigenvalue weighted by atomic mass is 10.1. The normalized spacial score (nSPS) is 13.1. The third-order valence-electron chi connectivity index (χ3n) is 6.20. The van der Waals surface area contributed by atoms with E-state index in [-0.39, 0.29) is 12.6 Å². The number of hydrogen-bond donors (Lipinski definition) is 0. The first kappa shape index (κ1) is 22.7. The molecule has 5 heteroatoms. The molecule has 0 amide bonds. The van der Waals surface area contributed by atoms with Gasteiger partial charge < -0.3 is 14.4 Å². The first-order chi connectivity index (χ1) is 17.1. The zero-order chi connectivity index (χ0) is 24.2. The smallest absolute Gasteiger partial charge is 0.338 e. The lowest BCUT2D eigenvalue weighted by Gasteiger charge is -2.26. The third-order valence-corrected chi connectivity index (χ3v) is 6.20. The van der Waals surface area contributed by atoms with Crippen LogP contribution in [-0.4, -0.2) is 43.0 Å². The molecule has 0 radical (unpaired) electrons. The highest BCUT2D eigenvalue weighted by atomic mass is 16.6. The highest BCUT2D eigenvalue weighted by Crippen LogP contribution is 2.26. The molecular formula is C30H28N2O3. The van der Waals surface area contributed by atoms with Crippen LogP contribution in [0.15, 0.2) is 96.0 Å². The summed E-state index contributed by atoms with van der Waals surface area (Å²) in [5.41, 5.74) is 3.87. The van der Waals surface area contributed by atoms with Gasteiger partial charge in [0.15, 0.2) is 6.10 Å². The zero-order valence-electron chi connectivity index (χ0n) is 20.0. The second-order valence-corrected chi connectivity index (χ2v) is 8.86. The van der Waals surface area contributed by atoms with E-state index in [1.807, 2.05) is 79.5 Å². The number of esters is 1. The number of amidine groups is 1. The fraction of sp³-hybridized carbons (Fsp3) is 0.200. The Balaban J connectivity index is 1.36. The molecule has 0 saturated heterocycles. The van der Waals surface area contributed by atoms with Crippen molar-refractivity contribution >= 4 is 22.6 Å². The van der Waals surface area contributed by atoms with Crippen LogP contribution >= 0.6 is 0 Å². The Morgan fingerprint density at radius 2 is 1.74 bits per heavy atom. The number of likely N-dealkylation sites (N-methyl/N-ethyl adjacent to an activating group) is 1. The second-order valence-electron chi connectivity index (χ2n) is 8.86. The van der Waals surface area contributed by atoms with E-state index in [9.17, 15) is 4.79 Å². The molecule has 5 rings (SSSR count). The van der Waals surface area contributed by atoms with Crippen LogP contribution in [0.5, 0.6) is 5.75 Å². The van der Waals surface area contributed by atoms with Crippen LogP contribution in [0.1, 0.15) is 27.0 Å². The van der Waals surface area contributed by atoms with Gasteiger partial charge in [-0.2, -0.15) is 0 Å². The van der Waals surface area contributed by atoms with Crippen molar-refractivity contribution in [3.8, 4) is 5.75 Å². The summed E-state index contributed by atoms with van der Waals surface area (Å²) in [4.78, 5) is 19.8. The maximum absolute atomic E-state index is 13.0. The maximum atomic E-state index is 13.0. The Morgan fingerprint density at radius 3 is 2.63 bits per heavy atom. The summed E-state index contributed by atoms with van der Waals surface area (Å²) in [6.07, 6.45) is -0.498. The van der Waals surface area contributed by atoms with Crippen LogP contribution in [0.4, 0.5) is 0 Å². The van der Waals surface area contributed by atoms with Gasteiger partial charge >= 0.3 is 5.97 Å². The number of fused-ring (bicyclic) bond motifs is 2. The van der Waals surface area contributed by atoms with Gasteiger partial charge in [-0.1, -0.05) is 78.4 Å². The average Bonchev–Trinajstić information content (AvgIpc) is 3.31. The number of carbonyl (C=O) groups excluding carboxylic acids is 1. The summed E-state index contributed by atoms with van der Waals surface area (Å²) in [6, 6.07) is 29.7.